The van der Waals surface area contributed by atoms with Crippen LogP contribution in [-0.4, -0.2) is 65.6 Å². The molecule has 17 heteroatoms. The van der Waals surface area contributed by atoms with E-state index < -0.39 is 17.8 Å². The van der Waals surface area contributed by atoms with Crippen molar-refractivity contribution in [3.8, 4) is 28.7 Å². The number of carbonyl (C=O) groups is 3. The van der Waals surface area contributed by atoms with Crippen LogP contribution < -0.4 is 35.6 Å². The zero-order valence-corrected chi connectivity index (χ0v) is 31.4. The number of aryl methyl sites for hydroxylation is 1. The third kappa shape index (κ3) is 11.1. The summed E-state index contributed by atoms with van der Waals surface area (Å²) < 4.78 is 53.4. The first-order valence-corrected chi connectivity index (χ1v) is 17.1. The van der Waals surface area contributed by atoms with Gasteiger partial charge in [0.15, 0.2) is 0 Å². The van der Waals surface area contributed by atoms with Gasteiger partial charge < -0.3 is 35.3 Å². The largest absolute Gasteiger partial charge is 0.457 e. The number of halogens is 3. The first kappa shape index (κ1) is 40.7. The maximum Gasteiger partial charge on any atom is 0.416 e. The molecule has 0 radical (unpaired) electrons. The van der Waals surface area contributed by atoms with Gasteiger partial charge in [0, 0.05) is 81.7 Å². The second kappa shape index (κ2) is 18.3. The first-order chi connectivity index (χ1) is 27.3. The summed E-state index contributed by atoms with van der Waals surface area (Å²) in [6, 6.07) is 23.0. The lowest BCUT2D eigenvalue weighted by molar-refractivity contribution is -0.137. The summed E-state index contributed by atoms with van der Waals surface area (Å²) in [4.78, 5) is 49.3. The minimum Gasteiger partial charge on any atom is -0.457 e. The van der Waals surface area contributed by atoms with E-state index in [1.165, 1.54) is 48.2 Å². The van der Waals surface area contributed by atoms with Crippen LogP contribution in [0.4, 0.5) is 35.0 Å². The number of imidazole rings is 1. The molecule has 4 N–H and O–H groups in total. The number of aromatic nitrogens is 4. The molecule has 6 rings (SSSR count). The van der Waals surface area contributed by atoms with Crippen LogP contribution in [0.2, 0.25) is 0 Å². The Kier molecular flexibility index (Phi) is 13.1. The van der Waals surface area contributed by atoms with Crippen LogP contribution in [0, 0.1) is 6.92 Å². The van der Waals surface area contributed by atoms with Gasteiger partial charge in [-0.05, 0) is 85.8 Å². The third-order valence-corrected chi connectivity index (χ3v) is 8.03. The maximum absolute atomic E-state index is 13.5. The number of hydrogen-bond acceptors (Lipinski definition) is 9. The van der Waals surface area contributed by atoms with Gasteiger partial charge in [-0.3, -0.25) is 24.5 Å². The van der Waals surface area contributed by atoms with Crippen molar-refractivity contribution in [2.75, 3.05) is 43.7 Å². The van der Waals surface area contributed by atoms with E-state index in [0.29, 0.717) is 40.1 Å². The Morgan fingerprint density at radius 1 is 0.684 bits per heavy atom. The summed E-state index contributed by atoms with van der Waals surface area (Å²) >= 11 is 0. The SMILES string of the molecule is CNC(=O)c1cc(Oc2ccc(N(C)C(=O)Nc3cc(-n4cnc(C)c4)cc(C(F)(F)F)c3)cc2)ccn1.CNC(=O)c1cc(Oc2ccc(NC)cc2)ccn1. The number of rotatable bonds is 10. The molecule has 0 aliphatic heterocycles. The van der Waals surface area contributed by atoms with Crippen LogP contribution in [0.5, 0.6) is 23.0 Å². The van der Waals surface area contributed by atoms with Crippen LogP contribution in [-0.2, 0) is 6.18 Å². The predicted molar refractivity (Wildman–Crippen MR) is 209 cm³/mol. The van der Waals surface area contributed by atoms with Gasteiger partial charge in [-0.1, -0.05) is 0 Å². The Hall–Kier alpha value is -7.43. The summed E-state index contributed by atoms with van der Waals surface area (Å²) in [6.07, 6.45) is 1.36. The fourth-order valence-corrected chi connectivity index (χ4v) is 5.04. The van der Waals surface area contributed by atoms with Crippen molar-refractivity contribution in [3.05, 3.63) is 139 Å². The van der Waals surface area contributed by atoms with E-state index in [-0.39, 0.29) is 28.9 Å². The van der Waals surface area contributed by atoms with Gasteiger partial charge in [-0.2, -0.15) is 13.2 Å². The number of amides is 4. The molecule has 14 nitrogen and oxygen atoms in total. The van der Waals surface area contributed by atoms with Gasteiger partial charge >= 0.3 is 12.2 Å². The molecule has 6 aromatic rings. The molecule has 3 aromatic heterocycles. The number of nitrogens with zero attached hydrogens (tertiary/aromatic N) is 5. The molecule has 3 heterocycles. The number of alkyl halides is 3. The Labute approximate surface area is 325 Å². The molecule has 0 atom stereocenters. The zero-order valence-electron chi connectivity index (χ0n) is 31.4. The second-order valence-corrected chi connectivity index (χ2v) is 12.1. The highest BCUT2D eigenvalue weighted by molar-refractivity contribution is 6.01. The van der Waals surface area contributed by atoms with Crippen molar-refractivity contribution in [1.29, 1.82) is 0 Å². The molecule has 0 fully saturated rings. The molecule has 4 amide bonds. The summed E-state index contributed by atoms with van der Waals surface area (Å²) in [5.74, 6) is 1.52. The van der Waals surface area contributed by atoms with E-state index in [2.05, 4.69) is 36.2 Å². The molecule has 0 spiro atoms. The molecule has 0 unspecified atom stereocenters. The summed E-state index contributed by atoms with van der Waals surface area (Å²) in [5.41, 5.74) is 1.90. The van der Waals surface area contributed by atoms with Gasteiger partial charge in [-0.15, -0.1) is 0 Å². The minimum absolute atomic E-state index is 0.0254. The number of hydrogen-bond donors (Lipinski definition) is 4. The lowest BCUT2D eigenvalue weighted by Crippen LogP contribution is -2.31. The van der Waals surface area contributed by atoms with Crippen molar-refractivity contribution >= 4 is 34.9 Å². The van der Waals surface area contributed by atoms with Crippen LogP contribution in [0.25, 0.3) is 5.69 Å². The number of anilines is 3. The summed E-state index contributed by atoms with van der Waals surface area (Å²) in [5, 5.41) is 10.6. The van der Waals surface area contributed by atoms with Crippen molar-refractivity contribution in [1.82, 2.24) is 30.2 Å². The molecule has 57 heavy (non-hydrogen) atoms. The Morgan fingerprint density at radius 3 is 1.70 bits per heavy atom. The highest BCUT2D eigenvalue weighted by atomic mass is 19.4. The molecule has 3 aromatic carbocycles. The monoisotopic (exact) mass is 781 g/mol. The summed E-state index contributed by atoms with van der Waals surface area (Å²) in [7, 11) is 6.40. The Morgan fingerprint density at radius 2 is 1.23 bits per heavy atom. The fraction of sp³-hybridized carbons (Fsp3) is 0.150. The summed E-state index contributed by atoms with van der Waals surface area (Å²) in [6.45, 7) is 1.72. The number of benzene rings is 3. The molecule has 294 valence electrons. The van der Waals surface area contributed by atoms with E-state index in [0.717, 1.165) is 17.8 Å². The standard InChI is InChI=1S/C26H23F3N6O3.C14H15N3O2/c1-16-14-35(15-32-16)20-11-17(26(27,28)29)10-18(12-20)33-25(37)34(3)19-4-6-21(7-5-19)38-22-8-9-31-23(13-22)24(36)30-2;1-15-10-3-5-11(6-4-10)19-12-7-8-17-13(9-12)14(18)16-2/h4-15H,1-3H3,(H,30,36)(H,33,37);3-9,15H,1-2H3,(H,16,18). The Balaban J connectivity index is 0.000000273. The fourth-order valence-electron chi connectivity index (χ4n) is 5.04. The third-order valence-electron chi connectivity index (χ3n) is 8.03. The molecule has 0 aliphatic carbocycles. The predicted octanol–water partition coefficient (Wildman–Crippen LogP) is 7.69. The Bertz CT molecular complexity index is 2330. The van der Waals surface area contributed by atoms with Crippen LogP contribution in [0.15, 0.2) is 116 Å². The topological polar surface area (TPSA) is 165 Å². The molecule has 0 saturated heterocycles. The number of pyridine rings is 2. The van der Waals surface area contributed by atoms with Gasteiger partial charge in [0.05, 0.1) is 17.6 Å². The molecular weight excluding hydrogens is 743 g/mol. The molecule has 0 aliphatic rings. The van der Waals surface area contributed by atoms with E-state index >= 15 is 0 Å². The van der Waals surface area contributed by atoms with Crippen LogP contribution in [0.1, 0.15) is 32.2 Å². The molecular formula is C40H38F3N9O5. The van der Waals surface area contributed by atoms with E-state index in [1.54, 1.807) is 68.8 Å². The maximum atomic E-state index is 13.5. The van der Waals surface area contributed by atoms with Gasteiger partial charge in [0.2, 0.25) is 0 Å². The lowest BCUT2D eigenvalue weighted by Gasteiger charge is -2.20. The lowest BCUT2D eigenvalue weighted by atomic mass is 10.1. The average molecular weight is 782 g/mol. The number of nitrogens with one attached hydrogen (secondary N) is 4. The number of carbonyl (C=O) groups excluding carboxylic acids is 3. The highest BCUT2D eigenvalue weighted by Gasteiger charge is 2.32. The van der Waals surface area contributed by atoms with Gasteiger partial charge in [0.25, 0.3) is 11.8 Å². The quantitative estimate of drug-likeness (QED) is 0.109. The number of urea groups is 1. The van der Waals surface area contributed by atoms with E-state index in [9.17, 15) is 27.6 Å². The first-order valence-electron chi connectivity index (χ1n) is 17.1. The molecule has 0 saturated carbocycles. The van der Waals surface area contributed by atoms with Crippen molar-refractivity contribution < 1.29 is 37.0 Å². The molecule has 0 bridgehead atoms. The van der Waals surface area contributed by atoms with Crippen LogP contribution >= 0.6 is 0 Å². The van der Waals surface area contributed by atoms with Crippen molar-refractivity contribution in [2.45, 2.75) is 13.1 Å². The van der Waals surface area contributed by atoms with Gasteiger partial charge in [-0.25, -0.2) is 9.78 Å². The average Bonchev–Trinajstić information content (AvgIpc) is 3.66. The highest BCUT2D eigenvalue weighted by Crippen LogP contribution is 2.33. The van der Waals surface area contributed by atoms with Gasteiger partial charge in [0.1, 0.15) is 34.4 Å². The smallest absolute Gasteiger partial charge is 0.416 e. The van der Waals surface area contributed by atoms with E-state index in [4.69, 9.17) is 9.47 Å². The van der Waals surface area contributed by atoms with Crippen molar-refractivity contribution in [3.63, 3.8) is 0 Å². The number of ether oxygens (including phenoxy) is 2. The van der Waals surface area contributed by atoms with Crippen LogP contribution in [0.3, 0.4) is 0 Å². The zero-order chi connectivity index (χ0) is 41.1. The normalized spacial score (nSPS) is 10.7. The van der Waals surface area contributed by atoms with E-state index in [1.807, 2.05) is 31.3 Å². The minimum atomic E-state index is -4.61. The second-order valence-electron chi connectivity index (χ2n) is 12.1. The van der Waals surface area contributed by atoms with Crippen molar-refractivity contribution in [2.24, 2.45) is 0 Å².